The number of nitrogens with zero attached hydrogens (tertiary/aromatic N) is 2. The van der Waals surface area contributed by atoms with Gasteiger partial charge in [-0.25, -0.2) is 21.6 Å². The van der Waals surface area contributed by atoms with E-state index in [1.54, 1.807) is 0 Å². The maximum Gasteiger partial charge on any atom is 0.480 e. The van der Waals surface area contributed by atoms with Crippen LogP contribution in [0.25, 0.3) is 4.13 Å². The van der Waals surface area contributed by atoms with E-state index in [9.17, 15) is 53.1 Å². The summed E-state index contributed by atoms with van der Waals surface area (Å²) in [5, 5.41) is 9.66. The highest BCUT2D eigenvalue weighted by Crippen LogP contribution is 2.36. The molecule has 0 spiro atoms. The molecule has 0 amide bonds. The summed E-state index contributed by atoms with van der Waals surface area (Å²) in [6, 6.07) is 0. The van der Waals surface area contributed by atoms with Crippen LogP contribution < -0.4 is 0 Å². The first kappa shape index (κ1) is 30.8. The molecule has 0 aromatic heterocycles. The summed E-state index contributed by atoms with van der Waals surface area (Å²) in [6.07, 6.45) is 0.485. The van der Waals surface area contributed by atoms with Gasteiger partial charge in [0.15, 0.2) is 20.0 Å². The van der Waals surface area contributed by atoms with Crippen molar-refractivity contribution in [2.45, 2.75) is 31.0 Å². The molecule has 0 saturated heterocycles. The summed E-state index contributed by atoms with van der Waals surface area (Å²) >= 11 is 0. The molecule has 1 unspecified atom stereocenters. The SMILES string of the molecule is C=CC(=O)OCC(O)C[N+](C)(CC)CC.O=S(=O)([N-]S(=O)(=O)C(F)(F)F)C(F)(F)F. The molecule has 9 nitrogen and oxygen atoms in total. The molecule has 0 aliphatic carbocycles. The molecule has 0 aromatic rings. The van der Waals surface area contributed by atoms with Gasteiger partial charge in [-0.05, 0) is 13.8 Å². The minimum atomic E-state index is -6.72. The molecule has 0 saturated carbocycles. The molecule has 0 heterocycles. The quantitative estimate of drug-likeness (QED) is 0.222. The van der Waals surface area contributed by atoms with Gasteiger partial charge in [0.2, 0.25) is 0 Å². The average molecular weight is 496 g/mol. The molecule has 0 rings (SSSR count). The van der Waals surface area contributed by atoms with Crippen LogP contribution in [-0.4, -0.2) is 82.8 Å². The van der Waals surface area contributed by atoms with Gasteiger partial charge in [-0.3, -0.25) is 0 Å². The number of carbonyl (C=O) groups is 1. The number of esters is 1. The van der Waals surface area contributed by atoms with Gasteiger partial charge in [0.25, 0.3) is 0 Å². The third kappa shape index (κ3) is 10.6. The fourth-order valence-electron chi connectivity index (χ4n) is 1.49. The lowest BCUT2D eigenvalue weighted by atomic mass is 10.3. The number of hydrogen-bond acceptors (Lipinski definition) is 7. The number of halogens is 6. The average Bonchev–Trinajstić information content (AvgIpc) is 2.57. The lowest BCUT2D eigenvalue weighted by Gasteiger charge is -2.33. The van der Waals surface area contributed by atoms with Crippen molar-refractivity contribution in [3.8, 4) is 0 Å². The fourth-order valence-corrected chi connectivity index (χ4v) is 3.20. The van der Waals surface area contributed by atoms with Gasteiger partial charge in [-0.2, -0.15) is 26.3 Å². The van der Waals surface area contributed by atoms with Crippen molar-refractivity contribution in [2.75, 3.05) is 33.3 Å². The van der Waals surface area contributed by atoms with Crippen LogP contribution in [0.3, 0.4) is 0 Å². The highest BCUT2D eigenvalue weighted by Gasteiger charge is 2.46. The number of hydrogen-bond donors (Lipinski definition) is 1. The molecule has 0 radical (unpaired) electrons. The number of rotatable bonds is 9. The largest absolute Gasteiger partial charge is 0.480 e. The summed E-state index contributed by atoms with van der Waals surface area (Å²) in [4.78, 5) is 10.8. The van der Waals surface area contributed by atoms with Gasteiger partial charge in [0.05, 0.1) is 20.1 Å². The summed E-state index contributed by atoms with van der Waals surface area (Å²) in [5.41, 5.74) is -12.4. The van der Waals surface area contributed by atoms with Crippen LogP contribution >= 0.6 is 0 Å². The van der Waals surface area contributed by atoms with Gasteiger partial charge in [-0.15, -0.1) is 0 Å². The molecule has 17 heteroatoms. The number of sulfonamides is 2. The minimum Gasteiger partial charge on any atom is -0.460 e. The predicted molar refractivity (Wildman–Crippen MR) is 92.6 cm³/mol. The highest BCUT2D eigenvalue weighted by molar-refractivity contribution is 8.13. The van der Waals surface area contributed by atoms with Crippen LogP contribution in [-0.2, 0) is 29.6 Å². The lowest BCUT2D eigenvalue weighted by Crippen LogP contribution is -2.49. The first-order valence-electron chi connectivity index (χ1n) is 7.85. The minimum absolute atomic E-state index is 0.0404. The predicted octanol–water partition coefficient (Wildman–Crippen LogP) is 1.62. The second-order valence-electron chi connectivity index (χ2n) is 5.84. The Labute approximate surface area is 170 Å². The number of ether oxygens (including phenoxy) is 1. The summed E-state index contributed by atoms with van der Waals surface area (Å²) < 4.78 is 115. The Morgan fingerprint density at radius 2 is 1.43 bits per heavy atom. The third-order valence-corrected chi connectivity index (χ3v) is 6.28. The molecule has 0 aromatic carbocycles. The van der Waals surface area contributed by atoms with E-state index in [0.717, 1.165) is 27.8 Å². The van der Waals surface area contributed by atoms with Gasteiger partial charge in [0.1, 0.15) is 19.3 Å². The van der Waals surface area contributed by atoms with Crippen molar-refractivity contribution >= 4 is 26.0 Å². The molecule has 180 valence electrons. The molecule has 30 heavy (non-hydrogen) atoms. The summed E-state index contributed by atoms with van der Waals surface area (Å²) in [5.74, 6) is -0.490. The van der Waals surface area contributed by atoms with E-state index in [2.05, 4.69) is 27.5 Å². The fraction of sp³-hybridized carbons (Fsp3) is 0.769. The molecule has 1 N–H and O–H groups in total. The van der Waals surface area contributed by atoms with Crippen molar-refractivity contribution in [2.24, 2.45) is 0 Å². The van der Waals surface area contributed by atoms with Crippen LogP contribution in [0.2, 0.25) is 0 Å². The zero-order chi connectivity index (χ0) is 24.6. The maximum absolute atomic E-state index is 11.4. The molecular formula is C13H22F6N2O7S2. The highest BCUT2D eigenvalue weighted by atomic mass is 32.3. The Bertz CT molecular complexity index is 733. The van der Waals surface area contributed by atoms with E-state index in [0.29, 0.717) is 6.54 Å². The first-order chi connectivity index (χ1) is 13.2. The Balaban J connectivity index is 0. The number of carbonyl (C=O) groups excluding carboxylic acids is 1. The van der Waals surface area contributed by atoms with E-state index in [4.69, 9.17) is 4.74 Å². The van der Waals surface area contributed by atoms with Crippen LogP contribution in [0, 0.1) is 0 Å². The van der Waals surface area contributed by atoms with E-state index < -0.39 is 43.1 Å². The van der Waals surface area contributed by atoms with E-state index in [1.165, 1.54) is 0 Å². The monoisotopic (exact) mass is 496 g/mol. The Morgan fingerprint density at radius 3 is 1.70 bits per heavy atom. The number of alkyl halides is 6. The van der Waals surface area contributed by atoms with Crippen molar-refractivity contribution in [3.63, 3.8) is 0 Å². The zero-order valence-electron chi connectivity index (χ0n) is 16.1. The normalized spacial score (nSPS) is 14.3. The first-order valence-corrected chi connectivity index (χ1v) is 10.7. The summed E-state index contributed by atoms with van der Waals surface area (Å²) in [7, 11) is -11.4. The summed E-state index contributed by atoms with van der Waals surface area (Å²) in [6.45, 7) is 9.97. The smallest absolute Gasteiger partial charge is 0.460 e. The van der Waals surface area contributed by atoms with Crippen LogP contribution in [0.5, 0.6) is 0 Å². The molecule has 0 bridgehead atoms. The van der Waals surface area contributed by atoms with Crippen LogP contribution in [0.4, 0.5) is 26.3 Å². The third-order valence-electron chi connectivity index (χ3n) is 3.54. The van der Waals surface area contributed by atoms with Gasteiger partial charge in [0, 0.05) is 6.08 Å². The molecule has 1 atom stereocenters. The Hall–Kier alpha value is -1.43. The van der Waals surface area contributed by atoms with Crippen molar-refractivity contribution in [1.29, 1.82) is 0 Å². The molecule has 0 aliphatic rings. The molecule has 0 fully saturated rings. The second-order valence-corrected chi connectivity index (χ2v) is 9.26. The maximum atomic E-state index is 11.4. The number of aliphatic hydroxyl groups excluding tert-OH is 1. The van der Waals surface area contributed by atoms with E-state index in [-0.39, 0.29) is 6.61 Å². The second kappa shape index (κ2) is 11.3. The zero-order valence-corrected chi connectivity index (χ0v) is 17.7. The van der Waals surface area contributed by atoms with Crippen LogP contribution in [0.1, 0.15) is 13.8 Å². The van der Waals surface area contributed by atoms with Crippen molar-refractivity contribution < 1.29 is 62.3 Å². The Kier molecular flexibility index (Phi) is 11.5. The number of quaternary nitrogens is 1. The lowest BCUT2D eigenvalue weighted by molar-refractivity contribution is -0.909. The standard InChI is InChI=1S/C11H22NO3.C2F6NO4S2/c1-5-11(14)15-9-10(13)8-12(4,6-2)7-3;3-1(4,5)14(10,11)9-15(12,13)2(6,7)8/h5,10,13H,1,6-9H2,2-4H3;/q+1;-1. The van der Waals surface area contributed by atoms with E-state index >= 15 is 0 Å². The Morgan fingerprint density at radius 1 is 1.07 bits per heavy atom. The van der Waals surface area contributed by atoms with Crippen LogP contribution in [0.15, 0.2) is 12.7 Å². The van der Waals surface area contributed by atoms with Gasteiger partial charge >= 0.3 is 17.0 Å². The molecular weight excluding hydrogens is 474 g/mol. The molecule has 0 aliphatic heterocycles. The van der Waals surface area contributed by atoms with Gasteiger partial charge in [-0.1, -0.05) is 6.58 Å². The number of likely N-dealkylation sites (N-methyl/N-ethyl adjacent to an activating group) is 1. The van der Waals surface area contributed by atoms with Gasteiger partial charge < -0.3 is 18.5 Å². The van der Waals surface area contributed by atoms with E-state index in [1.807, 2.05) is 0 Å². The van der Waals surface area contributed by atoms with Crippen molar-refractivity contribution in [1.82, 2.24) is 0 Å². The topological polar surface area (TPSA) is 129 Å². The van der Waals surface area contributed by atoms with Crippen molar-refractivity contribution in [3.05, 3.63) is 16.8 Å². The number of aliphatic hydroxyl groups is 1.